The van der Waals surface area contributed by atoms with Gasteiger partial charge in [-0.05, 0) is 0 Å². The van der Waals surface area contributed by atoms with Gasteiger partial charge in [0.25, 0.3) is 0 Å². The maximum Gasteiger partial charge on any atom is 0.232 e. The Hall–Kier alpha value is -0.790. The van der Waals surface area contributed by atoms with Crippen LogP contribution in [0.1, 0.15) is 0 Å². The number of amides is 1. The molecule has 1 fully saturated rings. The minimum Gasteiger partial charge on any atom is -0.338 e. The summed E-state index contributed by atoms with van der Waals surface area (Å²) in [5.41, 5.74) is 0. The van der Waals surface area contributed by atoms with Crippen molar-refractivity contribution in [2.24, 2.45) is 5.92 Å². The van der Waals surface area contributed by atoms with E-state index in [1.807, 2.05) is 13.1 Å². The molecule has 0 radical (unpaired) electrons. The Balaban J connectivity index is 2.27. The summed E-state index contributed by atoms with van der Waals surface area (Å²) in [6.07, 6.45) is 4.03. The van der Waals surface area contributed by atoms with Crippen molar-refractivity contribution < 1.29 is 4.79 Å². The van der Waals surface area contributed by atoms with E-state index < -0.39 is 0 Å². The summed E-state index contributed by atoms with van der Waals surface area (Å²) in [4.78, 5) is 12.5. The molecule has 1 aliphatic heterocycles. The predicted octanol–water partition coefficient (Wildman–Crippen LogP) is 0.0130. The van der Waals surface area contributed by atoms with E-state index in [4.69, 9.17) is 0 Å². The SMILES string of the molecule is CN1C(=O)[C@@H]2C=C[C@@H]21. The van der Waals surface area contributed by atoms with Crippen LogP contribution >= 0.6 is 0 Å². The normalized spacial score (nSPS) is 40.6. The van der Waals surface area contributed by atoms with E-state index in [1.165, 1.54) is 0 Å². The zero-order valence-corrected chi connectivity index (χ0v) is 4.66. The lowest BCUT2D eigenvalue weighted by molar-refractivity contribution is -0.149. The molecule has 0 spiro atoms. The Morgan fingerprint density at radius 3 is 2.50 bits per heavy atom. The first-order valence-electron chi connectivity index (χ1n) is 2.76. The van der Waals surface area contributed by atoms with Crippen molar-refractivity contribution in [3.05, 3.63) is 12.2 Å². The lowest BCUT2D eigenvalue weighted by atomic mass is 9.79. The van der Waals surface area contributed by atoms with Gasteiger partial charge in [0, 0.05) is 7.05 Å². The largest absolute Gasteiger partial charge is 0.338 e. The number of hydrogen-bond donors (Lipinski definition) is 0. The lowest BCUT2D eigenvalue weighted by Gasteiger charge is -2.47. The second kappa shape index (κ2) is 0.966. The quantitative estimate of drug-likeness (QED) is 0.317. The average Bonchev–Trinajstić information content (AvgIpc) is 1.64. The molecule has 2 nitrogen and oxygen atoms in total. The van der Waals surface area contributed by atoms with Crippen LogP contribution in [-0.2, 0) is 4.79 Å². The summed E-state index contributed by atoms with van der Waals surface area (Å²) in [7, 11) is 1.84. The first kappa shape index (κ1) is 4.13. The maximum absolute atomic E-state index is 10.7. The molecule has 0 saturated carbocycles. The molecule has 42 valence electrons. The van der Waals surface area contributed by atoms with Crippen LogP contribution in [0.2, 0.25) is 0 Å². The number of carbonyl (C=O) groups excluding carboxylic acids is 1. The van der Waals surface area contributed by atoms with Gasteiger partial charge in [0.15, 0.2) is 0 Å². The molecular weight excluding hydrogens is 102 g/mol. The van der Waals surface area contributed by atoms with Crippen molar-refractivity contribution >= 4 is 5.91 Å². The van der Waals surface area contributed by atoms with Gasteiger partial charge in [0.2, 0.25) is 5.91 Å². The summed E-state index contributed by atoms with van der Waals surface area (Å²) < 4.78 is 0. The molecule has 8 heavy (non-hydrogen) atoms. The van der Waals surface area contributed by atoms with Crippen molar-refractivity contribution in [1.29, 1.82) is 0 Å². The number of fused-ring (bicyclic) bond motifs is 1. The summed E-state index contributed by atoms with van der Waals surface area (Å²) in [6, 6.07) is 0.461. The van der Waals surface area contributed by atoms with Gasteiger partial charge >= 0.3 is 0 Å². The second-order valence-electron chi connectivity index (χ2n) is 2.35. The topological polar surface area (TPSA) is 20.3 Å². The summed E-state index contributed by atoms with van der Waals surface area (Å²) in [5, 5.41) is 0. The van der Waals surface area contributed by atoms with Gasteiger partial charge in [-0.25, -0.2) is 0 Å². The first-order valence-corrected chi connectivity index (χ1v) is 2.76. The molecular formula is C6H7NO. The second-order valence-corrected chi connectivity index (χ2v) is 2.35. The minimum atomic E-state index is 0.264. The van der Waals surface area contributed by atoms with Crippen LogP contribution in [0, 0.1) is 5.92 Å². The highest BCUT2D eigenvalue weighted by Crippen LogP contribution is 2.34. The third-order valence-electron chi connectivity index (χ3n) is 1.96. The minimum absolute atomic E-state index is 0.264. The molecule has 2 aliphatic rings. The Bertz CT molecular complexity index is 173. The summed E-state index contributed by atoms with van der Waals surface area (Å²) in [5.74, 6) is 0.539. The molecule has 1 heterocycles. The number of likely N-dealkylation sites (tertiary alicyclic amines) is 1. The fourth-order valence-corrected chi connectivity index (χ4v) is 1.22. The molecule has 0 N–H and O–H groups in total. The fraction of sp³-hybridized carbons (Fsp3) is 0.500. The van der Waals surface area contributed by atoms with E-state index in [-0.39, 0.29) is 11.8 Å². The van der Waals surface area contributed by atoms with Crippen molar-refractivity contribution in [3.8, 4) is 0 Å². The van der Waals surface area contributed by atoms with Crippen LogP contribution in [-0.4, -0.2) is 23.9 Å². The molecule has 2 heteroatoms. The monoisotopic (exact) mass is 109 g/mol. The van der Waals surface area contributed by atoms with E-state index in [2.05, 4.69) is 6.08 Å². The zero-order chi connectivity index (χ0) is 5.72. The summed E-state index contributed by atoms with van der Waals surface area (Å²) in [6.45, 7) is 0. The summed E-state index contributed by atoms with van der Waals surface area (Å²) >= 11 is 0. The van der Waals surface area contributed by atoms with Crippen LogP contribution in [0.25, 0.3) is 0 Å². The van der Waals surface area contributed by atoms with Gasteiger partial charge in [-0.15, -0.1) is 0 Å². The van der Waals surface area contributed by atoms with E-state index in [1.54, 1.807) is 4.90 Å². The molecule has 0 unspecified atom stereocenters. The Kier molecular flexibility index (Phi) is 0.498. The fourth-order valence-electron chi connectivity index (χ4n) is 1.22. The Morgan fingerprint density at radius 2 is 2.38 bits per heavy atom. The van der Waals surface area contributed by atoms with E-state index in [9.17, 15) is 4.79 Å². The molecule has 2 atom stereocenters. The zero-order valence-electron chi connectivity index (χ0n) is 4.66. The standard InChI is InChI=1S/C6H7NO/c1-7-5-3-2-4(5)6(7)8/h2-5H,1H3/t4-,5+/m1/s1. The molecule has 1 amide bonds. The van der Waals surface area contributed by atoms with Gasteiger partial charge in [-0.2, -0.15) is 0 Å². The lowest BCUT2D eigenvalue weighted by Crippen LogP contribution is -2.60. The van der Waals surface area contributed by atoms with Crippen molar-refractivity contribution in [1.82, 2.24) is 4.90 Å². The van der Waals surface area contributed by atoms with Crippen molar-refractivity contribution in [3.63, 3.8) is 0 Å². The Morgan fingerprint density at radius 1 is 1.62 bits per heavy atom. The van der Waals surface area contributed by atoms with Gasteiger partial charge in [-0.3, -0.25) is 4.79 Å². The number of β-lactam (4-membered cyclic amide) rings is 1. The molecule has 0 bridgehead atoms. The van der Waals surface area contributed by atoms with E-state index >= 15 is 0 Å². The number of hydrogen-bond acceptors (Lipinski definition) is 1. The molecule has 1 aliphatic carbocycles. The highest BCUT2D eigenvalue weighted by atomic mass is 16.2. The average molecular weight is 109 g/mol. The predicted molar refractivity (Wildman–Crippen MR) is 29.2 cm³/mol. The highest BCUT2D eigenvalue weighted by molar-refractivity contribution is 5.90. The highest BCUT2D eigenvalue weighted by Gasteiger charge is 2.46. The third kappa shape index (κ3) is 0.226. The number of carbonyl (C=O) groups is 1. The van der Waals surface area contributed by atoms with Crippen LogP contribution in [0.5, 0.6) is 0 Å². The molecule has 0 aromatic heterocycles. The molecule has 0 aromatic rings. The van der Waals surface area contributed by atoms with Crippen LogP contribution in [0.4, 0.5) is 0 Å². The number of likely N-dealkylation sites (N-methyl/N-ethyl adjacent to an activating group) is 1. The maximum atomic E-state index is 10.7. The third-order valence-corrected chi connectivity index (χ3v) is 1.96. The number of nitrogens with zero attached hydrogens (tertiary/aromatic N) is 1. The van der Waals surface area contributed by atoms with Crippen LogP contribution in [0.15, 0.2) is 12.2 Å². The van der Waals surface area contributed by atoms with Crippen LogP contribution in [0.3, 0.4) is 0 Å². The Labute approximate surface area is 47.8 Å². The van der Waals surface area contributed by atoms with Gasteiger partial charge in [0.1, 0.15) is 0 Å². The molecule has 2 rings (SSSR count). The molecule has 0 aromatic carbocycles. The van der Waals surface area contributed by atoms with E-state index in [0.29, 0.717) is 6.04 Å². The van der Waals surface area contributed by atoms with Crippen molar-refractivity contribution in [2.45, 2.75) is 6.04 Å². The van der Waals surface area contributed by atoms with Crippen molar-refractivity contribution in [2.75, 3.05) is 7.05 Å². The van der Waals surface area contributed by atoms with Gasteiger partial charge < -0.3 is 4.90 Å². The first-order chi connectivity index (χ1) is 3.80. The van der Waals surface area contributed by atoms with Gasteiger partial charge in [0.05, 0.1) is 12.0 Å². The number of rotatable bonds is 0. The van der Waals surface area contributed by atoms with Crippen LogP contribution < -0.4 is 0 Å². The smallest absolute Gasteiger partial charge is 0.232 e. The molecule has 1 saturated heterocycles. The van der Waals surface area contributed by atoms with Gasteiger partial charge in [-0.1, -0.05) is 12.2 Å². The van der Waals surface area contributed by atoms with E-state index in [0.717, 1.165) is 0 Å².